The first-order valence-corrected chi connectivity index (χ1v) is 6.42. The van der Waals surface area contributed by atoms with E-state index in [1.54, 1.807) is 0 Å². The quantitative estimate of drug-likeness (QED) is 0.775. The van der Waals surface area contributed by atoms with Crippen molar-refractivity contribution in [3.05, 3.63) is 35.4 Å². The van der Waals surface area contributed by atoms with Gasteiger partial charge in [0.15, 0.2) is 0 Å². The number of likely N-dealkylation sites (tertiary alicyclic amines) is 1. The van der Waals surface area contributed by atoms with Crippen molar-refractivity contribution in [2.75, 3.05) is 13.1 Å². The molecule has 1 saturated heterocycles. The van der Waals surface area contributed by atoms with Crippen molar-refractivity contribution in [1.29, 1.82) is 0 Å². The summed E-state index contributed by atoms with van der Waals surface area (Å²) in [5.74, 6) is 0. The molecular formula is C14H20N2. The van der Waals surface area contributed by atoms with E-state index in [9.17, 15) is 0 Å². The fourth-order valence-corrected chi connectivity index (χ4v) is 3.08. The maximum absolute atomic E-state index is 3.74. The van der Waals surface area contributed by atoms with Gasteiger partial charge in [0.2, 0.25) is 0 Å². The van der Waals surface area contributed by atoms with Gasteiger partial charge in [-0.15, -0.1) is 0 Å². The van der Waals surface area contributed by atoms with Crippen LogP contribution in [-0.2, 0) is 6.42 Å². The van der Waals surface area contributed by atoms with Crippen molar-refractivity contribution >= 4 is 0 Å². The van der Waals surface area contributed by atoms with Crippen LogP contribution >= 0.6 is 0 Å². The van der Waals surface area contributed by atoms with Crippen LogP contribution in [-0.4, -0.2) is 24.2 Å². The van der Waals surface area contributed by atoms with Crippen molar-refractivity contribution in [3.8, 4) is 0 Å². The van der Waals surface area contributed by atoms with Crippen LogP contribution in [0, 0.1) is 0 Å². The third-order valence-electron chi connectivity index (χ3n) is 3.96. The summed E-state index contributed by atoms with van der Waals surface area (Å²) in [7, 11) is 0. The molecule has 2 heteroatoms. The van der Waals surface area contributed by atoms with Crippen molar-refractivity contribution in [3.63, 3.8) is 0 Å². The van der Waals surface area contributed by atoms with E-state index in [0.717, 1.165) is 0 Å². The fraction of sp³-hybridized carbons (Fsp3) is 0.571. The molecular weight excluding hydrogens is 196 g/mol. The van der Waals surface area contributed by atoms with Crippen molar-refractivity contribution in [2.24, 2.45) is 0 Å². The van der Waals surface area contributed by atoms with E-state index in [2.05, 4.69) is 41.4 Å². The van der Waals surface area contributed by atoms with Gasteiger partial charge >= 0.3 is 0 Å². The number of nitrogens with one attached hydrogen (secondary N) is 1. The molecule has 0 aliphatic carbocycles. The average molecular weight is 216 g/mol. The Labute approximate surface area is 97.6 Å². The number of hydrogen-bond acceptors (Lipinski definition) is 2. The second-order valence-corrected chi connectivity index (χ2v) is 5.05. The lowest BCUT2D eigenvalue weighted by molar-refractivity contribution is 0.178. The zero-order valence-electron chi connectivity index (χ0n) is 9.95. The van der Waals surface area contributed by atoms with E-state index in [1.165, 1.54) is 43.5 Å². The van der Waals surface area contributed by atoms with E-state index < -0.39 is 0 Å². The van der Waals surface area contributed by atoms with Crippen molar-refractivity contribution < 1.29 is 0 Å². The molecule has 0 amide bonds. The molecule has 2 atom stereocenters. The molecule has 1 fully saturated rings. The number of rotatable bonds is 1. The SMILES string of the molecule is C[C@H]1N[C@@H](N2CCCC2)Cc2ccccc21. The van der Waals surface area contributed by atoms with E-state index in [1.807, 2.05) is 0 Å². The van der Waals surface area contributed by atoms with E-state index in [-0.39, 0.29) is 0 Å². The highest BCUT2D eigenvalue weighted by Crippen LogP contribution is 2.27. The Morgan fingerprint density at radius 3 is 2.75 bits per heavy atom. The van der Waals surface area contributed by atoms with Crippen LogP contribution in [0.5, 0.6) is 0 Å². The summed E-state index contributed by atoms with van der Waals surface area (Å²) < 4.78 is 0. The molecule has 1 aromatic carbocycles. The Kier molecular flexibility index (Phi) is 2.70. The molecule has 2 aliphatic rings. The molecule has 0 aromatic heterocycles. The number of benzene rings is 1. The van der Waals surface area contributed by atoms with Crippen LogP contribution in [0.1, 0.15) is 36.9 Å². The maximum Gasteiger partial charge on any atom is 0.0643 e. The van der Waals surface area contributed by atoms with Gasteiger partial charge in [0.25, 0.3) is 0 Å². The number of hydrogen-bond donors (Lipinski definition) is 1. The van der Waals surface area contributed by atoms with Crippen LogP contribution < -0.4 is 5.32 Å². The fourth-order valence-electron chi connectivity index (χ4n) is 3.08. The van der Waals surface area contributed by atoms with Gasteiger partial charge in [-0.2, -0.15) is 0 Å². The smallest absolute Gasteiger partial charge is 0.0643 e. The first kappa shape index (κ1) is 10.3. The van der Waals surface area contributed by atoms with Gasteiger partial charge in [0, 0.05) is 12.5 Å². The molecule has 0 unspecified atom stereocenters. The topological polar surface area (TPSA) is 15.3 Å². The van der Waals surface area contributed by atoms with Crippen LogP contribution in [0.25, 0.3) is 0 Å². The summed E-state index contributed by atoms with van der Waals surface area (Å²) in [6.07, 6.45) is 4.47. The zero-order valence-corrected chi connectivity index (χ0v) is 9.95. The standard InChI is InChI=1S/C14H20N2/c1-11-13-7-3-2-6-12(13)10-14(15-11)16-8-4-5-9-16/h2-3,6-7,11,14-15H,4-5,8-10H2,1H3/t11-,14+/m1/s1. The predicted octanol–water partition coefficient (Wildman–Crippen LogP) is 2.32. The first-order valence-electron chi connectivity index (χ1n) is 6.42. The Morgan fingerprint density at radius 2 is 1.94 bits per heavy atom. The molecule has 2 heterocycles. The molecule has 0 spiro atoms. The zero-order chi connectivity index (χ0) is 11.0. The minimum atomic E-state index is 0.496. The molecule has 16 heavy (non-hydrogen) atoms. The third-order valence-corrected chi connectivity index (χ3v) is 3.96. The summed E-state index contributed by atoms with van der Waals surface area (Å²) >= 11 is 0. The van der Waals surface area contributed by atoms with Crippen LogP contribution in [0.15, 0.2) is 24.3 Å². The Hall–Kier alpha value is -0.860. The van der Waals surface area contributed by atoms with Gasteiger partial charge in [-0.1, -0.05) is 24.3 Å². The van der Waals surface area contributed by atoms with Gasteiger partial charge in [0.1, 0.15) is 0 Å². The Balaban J connectivity index is 1.83. The van der Waals surface area contributed by atoms with E-state index >= 15 is 0 Å². The molecule has 2 nitrogen and oxygen atoms in total. The monoisotopic (exact) mass is 216 g/mol. The molecule has 86 valence electrons. The highest BCUT2D eigenvalue weighted by molar-refractivity contribution is 5.32. The summed E-state index contributed by atoms with van der Waals surface area (Å²) in [6.45, 7) is 4.82. The number of fused-ring (bicyclic) bond motifs is 1. The van der Waals surface area contributed by atoms with Gasteiger partial charge in [-0.3, -0.25) is 10.2 Å². The lowest BCUT2D eigenvalue weighted by atomic mass is 9.93. The van der Waals surface area contributed by atoms with Gasteiger partial charge in [-0.25, -0.2) is 0 Å². The van der Waals surface area contributed by atoms with Crippen LogP contribution in [0.3, 0.4) is 0 Å². The van der Waals surface area contributed by atoms with Gasteiger partial charge < -0.3 is 0 Å². The van der Waals surface area contributed by atoms with Crippen molar-refractivity contribution in [2.45, 2.75) is 38.4 Å². The predicted molar refractivity (Wildman–Crippen MR) is 66.3 cm³/mol. The Morgan fingerprint density at radius 1 is 1.19 bits per heavy atom. The molecule has 1 N–H and O–H groups in total. The highest BCUT2D eigenvalue weighted by atomic mass is 15.3. The van der Waals surface area contributed by atoms with E-state index in [0.29, 0.717) is 12.2 Å². The van der Waals surface area contributed by atoms with E-state index in [4.69, 9.17) is 0 Å². The summed E-state index contributed by atoms with van der Waals surface area (Å²) in [5.41, 5.74) is 3.02. The largest absolute Gasteiger partial charge is 0.295 e. The first-order chi connectivity index (χ1) is 7.84. The summed E-state index contributed by atoms with van der Waals surface area (Å²) in [4.78, 5) is 2.60. The molecule has 0 bridgehead atoms. The third kappa shape index (κ3) is 1.76. The van der Waals surface area contributed by atoms with Gasteiger partial charge in [-0.05, 0) is 44.0 Å². The van der Waals surface area contributed by atoms with Crippen molar-refractivity contribution in [1.82, 2.24) is 10.2 Å². The molecule has 0 saturated carbocycles. The molecule has 0 radical (unpaired) electrons. The molecule has 2 aliphatic heterocycles. The highest BCUT2D eigenvalue weighted by Gasteiger charge is 2.28. The minimum absolute atomic E-state index is 0.496. The van der Waals surface area contributed by atoms with Crippen LogP contribution in [0.2, 0.25) is 0 Å². The van der Waals surface area contributed by atoms with Crippen LogP contribution in [0.4, 0.5) is 0 Å². The maximum atomic E-state index is 3.74. The number of nitrogens with zero attached hydrogens (tertiary/aromatic N) is 1. The Bertz CT molecular complexity index is 369. The minimum Gasteiger partial charge on any atom is -0.295 e. The summed E-state index contributed by atoms with van der Waals surface area (Å²) in [6, 6.07) is 9.35. The second-order valence-electron chi connectivity index (χ2n) is 5.05. The molecule has 1 aromatic rings. The lowest BCUT2D eigenvalue weighted by Crippen LogP contribution is -2.49. The van der Waals surface area contributed by atoms with Gasteiger partial charge in [0.05, 0.1) is 6.17 Å². The normalized spacial score (nSPS) is 30.3. The lowest BCUT2D eigenvalue weighted by Gasteiger charge is -2.36. The summed E-state index contributed by atoms with van der Waals surface area (Å²) in [5, 5.41) is 3.74. The average Bonchev–Trinajstić information content (AvgIpc) is 2.82. The molecule has 3 rings (SSSR count). The second kappa shape index (κ2) is 4.19.